The Labute approximate surface area is 163 Å². The maximum absolute atomic E-state index is 13.2. The van der Waals surface area contributed by atoms with Crippen LogP contribution < -0.4 is 0 Å². The molecule has 0 bridgehead atoms. The Hall–Kier alpha value is -2.22. The summed E-state index contributed by atoms with van der Waals surface area (Å²) in [5.74, 6) is 0.468. The fourth-order valence-electron chi connectivity index (χ4n) is 2.64. The van der Waals surface area contributed by atoms with Crippen molar-refractivity contribution < 1.29 is 46.9 Å². The lowest BCUT2D eigenvalue weighted by Crippen LogP contribution is -2.58. The standard InChI is InChI=1S/C18H27FNO8/c1-6-7-20(5,11-19)8-9-24-18-17(28-14(4)23)16(27-13(3)22)15(10-25-18)26-12(2)21/h1,15-18H,7-11H2,2-5H3/q+1/t15-,16+,17-,18+,20?/m1/s1. The second kappa shape index (κ2) is 10.9. The molecule has 0 aromatic carbocycles. The molecule has 0 aliphatic carbocycles. The van der Waals surface area contributed by atoms with Gasteiger partial charge in [-0.2, -0.15) is 4.39 Å². The van der Waals surface area contributed by atoms with E-state index in [-0.39, 0.29) is 30.8 Å². The van der Waals surface area contributed by atoms with E-state index in [1.54, 1.807) is 7.05 Å². The van der Waals surface area contributed by atoms with E-state index in [0.29, 0.717) is 0 Å². The Morgan fingerprint density at radius 1 is 1.11 bits per heavy atom. The van der Waals surface area contributed by atoms with Gasteiger partial charge in [-0.3, -0.25) is 18.9 Å². The van der Waals surface area contributed by atoms with Crippen LogP contribution in [0.15, 0.2) is 0 Å². The third kappa shape index (κ3) is 7.42. The zero-order valence-electron chi connectivity index (χ0n) is 16.5. The zero-order chi connectivity index (χ0) is 21.3. The van der Waals surface area contributed by atoms with Gasteiger partial charge in [-0.1, -0.05) is 0 Å². The first-order valence-electron chi connectivity index (χ1n) is 8.69. The number of hydrogen-bond acceptors (Lipinski definition) is 8. The van der Waals surface area contributed by atoms with Crippen molar-refractivity contribution in [3.05, 3.63) is 0 Å². The average Bonchev–Trinajstić information content (AvgIpc) is 2.58. The molecule has 1 unspecified atom stereocenters. The molecule has 1 rings (SSSR count). The molecule has 9 nitrogen and oxygen atoms in total. The van der Waals surface area contributed by atoms with E-state index in [9.17, 15) is 18.8 Å². The molecule has 0 radical (unpaired) electrons. The number of hydrogen-bond donors (Lipinski definition) is 0. The van der Waals surface area contributed by atoms with Crippen LogP contribution in [-0.4, -0.2) is 87.1 Å². The van der Waals surface area contributed by atoms with Gasteiger partial charge in [0, 0.05) is 20.8 Å². The number of alkyl halides is 1. The van der Waals surface area contributed by atoms with Crippen molar-refractivity contribution in [2.75, 3.05) is 40.1 Å². The van der Waals surface area contributed by atoms with Crippen LogP contribution in [0.2, 0.25) is 0 Å². The number of halogens is 1. The van der Waals surface area contributed by atoms with Crippen molar-refractivity contribution in [2.45, 2.75) is 45.4 Å². The minimum atomic E-state index is -1.17. The number of ether oxygens (including phenoxy) is 5. The van der Waals surface area contributed by atoms with Crippen molar-refractivity contribution in [3.63, 3.8) is 0 Å². The minimum Gasteiger partial charge on any atom is -0.456 e. The highest BCUT2D eigenvalue weighted by Gasteiger charge is 2.47. The van der Waals surface area contributed by atoms with E-state index in [1.807, 2.05) is 0 Å². The Balaban J connectivity index is 2.91. The highest BCUT2D eigenvalue weighted by Crippen LogP contribution is 2.25. The summed E-state index contributed by atoms with van der Waals surface area (Å²) in [5, 5.41) is 0. The molecule has 0 aromatic rings. The zero-order valence-corrected chi connectivity index (χ0v) is 16.5. The number of terminal acetylenes is 1. The van der Waals surface area contributed by atoms with Crippen molar-refractivity contribution in [3.8, 4) is 12.3 Å². The van der Waals surface area contributed by atoms with Gasteiger partial charge in [-0.15, -0.1) is 6.42 Å². The fourth-order valence-corrected chi connectivity index (χ4v) is 2.64. The van der Waals surface area contributed by atoms with Gasteiger partial charge >= 0.3 is 17.9 Å². The van der Waals surface area contributed by atoms with Gasteiger partial charge in [0.05, 0.1) is 20.3 Å². The van der Waals surface area contributed by atoms with Crippen molar-refractivity contribution in [1.29, 1.82) is 0 Å². The lowest BCUT2D eigenvalue weighted by molar-refractivity contribution is -0.915. The Kier molecular flexibility index (Phi) is 9.31. The molecular weight excluding hydrogens is 377 g/mol. The fraction of sp³-hybridized carbons (Fsp3) is 0.722. The predicted octanol–water partition coefficient (Wildman–Crippen LogP) is 0.161. The van der Waals surface area contributed by atoms with Gasteiger partial charge in [0.1, 0.15) is 13.1 Å². The minimum absolute atomic E-state index is 0.0373. The second-order valence-electron chi connectivity index (χ2n) is 6.69. The molecule has 0 aromatic heterocycles. The van der Waals surface area contributed by atoms with Crippen LogP contribution in [0, 0.1) is 12.3 Å². The van der Waals surface area contributed by atoms with Gasteiger partial charge < -0.3 is 23.7 Å². The summed E-state index contributed by atoms with van der Waals surface area (Å²) in [6, 6.07) is 0. The number of carbonyl (C=O) groups is 3. The molecule has 158 valence electrons. The van der Waals surface area contributed by atoms with E-state index >= 15 is 0 Å². The number of nitrogens with zero attached hydrogens (tertiary/aromatic N) is 1. The molecule has 0 saturated carbocycles. The van der Waals surface area contributed by atoms with E-state index in [4.69, 9.17) is 30.1 Å². The predicted molar refractivity (Wildman–Crippen MR) is 93.1 cm³/mol. The molecule has 0 spiro atoms. The summed E-state index contributed by atoms with van der Waals surface area (Å²) in [7, 11) is 1.63. The quantitative estimate of drug-likeness (QED) is 0.176. The summed E-state index contributed by atoms with van der Waals surface area (Å²) in [6.07, 6.45) is 0.900. The molecule has 28 heavy (non-hydrogen) atoms. The largest absolute Gasteiger partial charge is 0.456 e. The first-order valence-corrected chi connectivity index (χ1v) is 8.69. The number of quaternary nitrogens is 1. The van der Waals surface area contributed by atoms with Crippen molar-refractivity contribution >= 4 is 17.9 Å². The van der Waals surface area contributed by atoms with E-state index in [1.165, 1.54) is 20.8 Å². The monoisotopic (exact) mass is 404 g/mol. The van der Waals surface area contributed by atoms with Gasteiger partial charge in [0.2, 0.25) is 6.80 Å². The Morgan fingerprint density at radius 2 is 1.68 bits per heavy atom. The maximum Gasteiger partial charge on any atom is 0.303 e. The number of rotatable bonds is 9. The molecule has 1 fully saturated rings. The summed E-state index contributed by atoms with van der Waals surface area (Å²) in [4.78, 5) is 34.3. The van der Waals surface area contributed by atoms with Crippen LogP contribution in [0.25, 0.3) is 0 Å². The number of likely N-dealkylation sites (N-methyl/N-ethyl adjacent to an activating group) is 1. The highest BCUT2D eigenvalue weighted by atomic mass is 19.1. The summed E-state index contributed by atoms with van der Waals surface area (Å²) in [6.45, 7) is 3.15. The molecule has 1 heterocycles. The van der Waals surface area contributed by atoms with Crippen molar-refractivity contribution in [2.24, 2.45) is 0 Å². The molecule has 0 amide bonds. The van der Waals surface area contributed by atoms with Crippen LogP contribution in [0.4, 0.5) is 4.39 Å². The summed E-state index contributed by atoms with van der Waals surface area (Å²) < 4.78 is 39.8. The van der Waals surface area contributed by atoms with Crippen molar-refractivity contribution in [1.82, 2.24) is 0 Å². The Bertz CT molecular complexity index is 607. The molecule has 1 aliphatic heterocycles. The van der Waals surface area contributed by atoms with Crippen LogP contribution >= 0.6 is 0 Å². The summed E-state index contributed by atoms with van der Waals surface area (Å²) >= 11 is 0. The topological polar surface area (TPSA) is 97.4 Å². The van der Waals surface area contributed by atoms with Crippen LogP contribution in [0.5, 0.6) is 0 Å². The van der Waals surface area contributed by atoms with E-state index in [0.717, 1.165) is 0 Å². The first-order chi connectivity index (χ1) is 13.1. The molecule has 10 heteroatoms. The SMILES string of the molecule is C#CC[N+](C)(CF)CCO[C@H]1OC[C@@H](OC(C)=O)[C@H](OC(C)=O)[C@H]1OC(C)=O. The van der Waals surface area contributed by atoms with Crippen LogP contribution in [-0.2, 0) is 38.1 Å². The molecule has 1 aliphatic rings. The average molecular weight is 404 g/mol. The van der Waals surface area contributed by atoms with Crippen LogP contribution in [0.1, 0.15) is 20.8 Å². The number of esters is 3. The molecular formula is C18H27FNO8+. The normalized spacial score (nSPS) is 26.4. The second-order valence-corrected chi connectivity index (χ2v) is 6.69. The van der Waals surface area contributed by atoms with E-state index in [2.05, 4.69) is 5.92 Å². The van der Waals surface area contributed by atoms with Gasteiger partial charge in [-0.25, -0.2) is 0 Å². The van der Waals surface area contributed by atoms with Gasteiger partial charge in [-0.05, 0) is 5.92 Å². The van der Waals surface area contributed by atoms with Gasteiger partial charge in [0.15, 0.2) is 24.6 Å². The number of carbonyl (C=O) groups excluding carboxylic acids is 3. The molecule has 5 atom stereocenters. The lowest BCUT2D eigenvalue weighted by atomic mass is 10.0. The Morgan fingerprint density at radius 3 is 2.18 bits per heavy atom. The lowest BCUT2D eigenvalue weighted by Gasteiger charge is -2.40. The maximum atomic E-state index is 13.2. The smallest absolute Gasteiger partial charge is 0.303 e. The third-order valence-corrected chi connectivity index (χ3v) is 3.98. The summed E-state index contributed by atoms with van der Waals surface area (Å²) in [5.41, 5.74) is 0. The highest BCUT2D eigenvalue weighted by molar-refractivity contribution is 5.68. The first kappa shape index (κ1) is 23.8. The van der Waals surface area contributed by atoms with E-state index < -0.39 is 49.3 Å². The third-order valence-electron chi connectivity index (χ3n) is 3.98. The van der Waals surface area contributed by atoms with Crippen LogP contribution in [0.3, 0.4) is 0 Å². The van der Waals surface area contributed by atoms with Gasteiger partial charge in [0.25, 0.3) is 0 Å². The molecule has 1 saturated heterocycles. The molecule has 0 N–H and O–H groups in total.